The third-order valence-electron chi connectivity index (χ3n) is 3.09. The van der Waals surface area contributed by atoms with Crippen LogP contribution in [0.2, 0.25) is 0 Å². The first-order valence-electron chi connectivity index (χ1n) is 6.28. The fourth-order valence-corrected chi connectivity index (χ4v) is 2.27. The lowest BCUT2D eigenvalue weighted by Gasteiger charge is -2.43. The molecule has 1 fully saturated rings. The number of nitrogens with zero attached hydrogens (tertiary/aromatic N) is 1. The second kappa shape index (κ2) is 5.09. The summed E-state index contributed by atoms with van der Waals surface area (Å²) in [5, 5.41) is 0. The van der Waals surface area contributed by atoms with Crippen molar-refractivity contribution in [1.29, 1.82) is 0 Å². The minimum absolute atomic E-state index is 0.132. The summed E-state index contributed by atoms with van der Waals surface area (Å²) >= 11 is 0. The molecule has 1 saturated heterocycles. The van der Waals surface area contributed by atoms with Crippen LogP contribution in [-0.4, -0.2) is 41.8 Å². The first kappa shape index (κ1) is 14.8. The molecule has 0 radical (unpaired) electrons. The minimum atomic E-state index is -4.48. The van der Waals surface area contributed by atoms with Crippen LogP contribution in [0.1, 0.15) is 24.2 Å². The standard InChI is InChI=1S/C14H16F3NO2/c1-13(2)9-18(8-11(20-13)14(15,16)17)12(19)10-6-4-3-5-7-10/h3-7,11H,8-9H2,1-2H3. The van der Waals surface area contributed by atoms with E-state index in [4.69, 9.17) is 4.74 Å². The average Bonchev–Trinajstić information content (AvgIpc) is 2.36. The monoisotopic (exact) mass is 287 g/mol. The number of benzene rings is 1. The quantitative estimate of drug-likeness (QED) is 0.795. The number of ether oxygens (including phenoxy) is 1. The Morgan fingerprint density at radius 1 is 1.30 bits per heavy atom. The number of amides is 1. The van der Waals surface area contributed by atoms with Crippen LogP contribution in [0, 0.1) is 0 Å². The molecule has 1 atom stereocenters. The van der Waals surface area contributed by atoms with Gasteiger partial charge in [0.25, 0.3) is 5.91 Å². The number of halogens is 3. The SMILES string of the molecule is CC1(C)CN(C(=O)c2ccccc2)CC(C(F)(F)F)O1. The van der Waals surface area contributed by atoms with Gasteiger partial charge in [-0.15, -0.1) is 0 Å². The van der Waals surface area contributed by atoms with Crippen LogP contribution in [0.15, 0.2) is 30.3 Å². The Labute approximate surface area is 115 Å². The lowest BCUT2D eigenvalue weighted by Crippen LogP contribution is -2.58. The summed E-state index contributed by atoms with van der Waals surface area (Å²) in [6.45, 7) is 2.76. The minimum Gasteiger partial charge on any atom is -0.359 e. The zero-order valence-corrected chi connectivity index (χ0v) is 11.3. The highest BCUT2D eigenvalue weighted by Gasteiger charge is 2.49. The fourth-order valence-electron chi connectivity index (χ4n) is 2.27. The predicted molar refractivity (Wildman–Crippen MR) is 67.4 cm³/mol. The molecule has 3 nitrogen and oxygen atoms in total. The number of carbonyl (C=O) groups is 1. The van der Waals surface area contributed by atoms with Crippen molar-refractivity contribution in [2.45, 2.75) is 31.7 Å². The highest BCUT2D eigenvalue weighted by Crippen LogP contribution is 2.32. The van der Waals surface area contributed by atoms with Crippen molar-refractivity contribution in [3.05, 3.63) is 35.9 Å². The molecule has 1 aromatic rings. The molecule has 1 heterocycles. The van der Waals surface area contributed by atoms with Crippen LogP contribution < -0.4 is 0 Å². The summed E-state index contributed by atoms with van der Waals surface area (Å²) < 4.78 is 43.6. The topological polar surface area (TPSA) is 29.5 Å². The van der Waals surface area contributed by atoms with Gasteiger partial charge < -0.3 is 9.64 Å². The molecule has 1 unspecified atom stereocenters. The molecule has 0 aromatic heterocycles. The molecule has 110 valence electrons. The highest BCUT2D eigenvalue weighted by atomic mass is 19.4. The van der Waals surface area contributed by atoms with E-state index in [2.05, 4.69) is 0 Å². The molecule has 20 heavy (non-hydrogen) atoms. The maximum absolute atomic E-state index is 12.9. The Kier molecular flexibility index (Phi) is 3.77. The smallest absolute Gasteiger partial charge is 0.359 e. The summed E-state index contributed by atoms with van der Waals surface area (Å²) in [6.07, 6.45) is -6.42. The van der Waals surface area contributed by atoms with Crippen molar-refractivity contribution >= 4 is 5.91 Å². The number of hydrogen-bond donors (Lipinski definition) is 0. The van der Waals surface area contributed by atoms with Crippen molar-refractivity contribution in [3.8, 4) is 0 Å². The van der Waals surface area contributed by atoms with Gasteiger partial charge in [-0.1, -0.05) is 18.2 Å². The van der Waals surface area contributed by atoms with Gasteiger partial charge in [0.1, 0.15) is 0 Å². The molecule has 1 amide bonds. The van der Waals surface area contributed by atoms with E-state index in [1.165, 1.54) is 4.90 Å². The largest absolute Gasteiger partial charge is 0.416 e. The molecule has 0 saturated carbocycles. The normalized spacial score (nSPS) is 22.6. The Hall–Kier alpha value is -1.56. The third-order valence-corrected chi connectivity index (χ3v) is 3.09. The van der Waals surface area contributed by atoms with Crippen LogP contribution in [-0.2, 0) is 4.74 Å². The second-order valence-electron chi connectivity index (χ2n) is 5.46. The van der Waals surface area contributed by atoms with Crippen LogP contribution in [0.25, 0.3) is 0 Å². The van der Waals surface area contributed by atoms with E-state index in [1.54, 1.807) is 44.2 Å². The lowest BCUT2D eigenvalue weighted by atomic mass is 10.0. The van der Waals surface area contributed by atoms with E-state index in [-0.39, 0.29) is 6.54 Å². The first-order valence-corrected chi connectivity index (χ1v) is 6.28. The molecule has 0 N–H and O–H groups in total. The number of alkyl halides is 3. The van der Waals surface area contributed by atoms with Crippen molar-refractivity contribution in [2.24, 2.45) is 0 Å². The third kappa shape index (κ3) is 3.30. The van der Waals surface area contributed by atoms with Gasteiger partial charge in [-0.2, -0.15) is 13.2 Å². The van der Waals surface area contributed by atoms with Gasteiger partial charge in [-0.05, 0) is 26.0 Å². The van der Waals surface area contributed by atoms with Gasteiger partial charge in [0, 0.05) is 12.1 Å². The van der Waals surface area contributed by atoms with Crippen molar-refractivity contribution in [3.63, 3.8) is 0 Å². The highest BCUT2D eigenvalue weighted by molar-refractivity contribution is 5.94. The van der Waals surface area contributed by atoms with Crippen LogP contribution in [0.4, 0.5) is 13.2 Å². The molecule has 1 aromatic carbocycles. The van der Waals surface area contributed by atoms with Gasteiger partial charge >= 0.3 is 6.18 Å². The lowest BCUT2D eigenvalue weighted by molar-refractivity contribution is -0.267. The molecule has 2 rings (SSSR count). The summed E-state index contributed by atoms with van der Waals surface area (Å²) in [5.74, 6) is -0.406. The Morgan fingerprint density at radius 2 is 1.90 bits per heavy atom. The van der Waals surface area contributed by atoms with Crippen LogP contribution in [0.5, 0.6) is 0 Å². The molecule has 0 spiro atoms. The number of carbonyl (C=O) groups excluding carboxylic acids is 1. The Morgan fingerprint density at radius 3 is 2.45 bits per heavy atom. The van der Waals surface area contributed by atoms with Gasteiger partial charge in [0.2, 0.25) is 0 Å². The maximum atomic E-state index is 12.9. The van der Waals surface area contributed by atoms with Crippen LogP contribution in [0.3, 0.4) is 0 Å². The number of morpholine rings is 1. The summed E-state index contributed by atoms with van der Waals surface area (Å²) in [4.78, 5) is 13.5. The maximum Gasteiger partial charge on any atom is 0.416 e. The van der Waals surface area contributed by atoms with Crippen molar-refractivity contribution in [1.82, 2.24) is 4.90 Å². The summed E-state index contributed by atoms with van der Waals surface area (Å²) in [6, 6.07) is 8.29. The van der Waals surface area contributed by atoms with Crippen LogP contribution >= 0.6 is 0 Å². The number of rotatable bonds is 1. The molecule has 1 aliphatic heterocycles. The van der Waals surface area contributed by atoms with E-state index < -0.39 is 30.3 Å². The second-order valence-corrected chi connectivity index (χ2v) is 5.46. The molecule has 0 bridgehead atoms. The van der Waals surface area contributed by atoms with Gasteiger partial charge in [0.15, 0.2) is 6.10 Å². The van der Waals surface area contributed by atoms with E-state index in [0.717, 1.165) is 0 Å². The van der Waals surface area contributed by atoms with Gasteiger partial charge in [0.05, 0.1) is 12.1 Å². The van der Waals surface area contributed by atoms with Crippen molar-refractivity contribution in [2.75, 3.05) is 13.1 Å². The van der Waals surface area contributed by atoms with Crippen molar-refractivity contribution < 1.29 is 22.7 Å². The van der Waals surface area contributed by atoms with E-state index in [0.29, 0.717) is 5.56 Å². The molecular formula is C14H16F3NO2. The predicted octanol–water partition coefficient (Wildman–Crippen LogP) is 2.87. The number of hydrogen-bond acceptors (Lipinski definition) is 2. The van der Waals surface area contributed by atoms with E-state index >= 15 is 0 Å². The van der Waals surface area contributed by atoms with Gasteiger partial charge in [-0.25, -0.2) is 0 Å². The fraction of sp³-hybridized carbons (Fsp3) is 0.500. The Bertz CT molecular complexity index is 485. The summed E-state index contributed by atoms with van der Waals surface area (Å²) in [5.41, 5.74) is -0.644. The van der Waals surface area contributed by atoms with E-state index in [1.807, 2.05) is 0 Å². The van der Waals surface area contributed by atoms with E-state index in [9.17, 15) is 18.0 Å². The van der Waals surface area contributed by atoms with Gasteiger partial charge in [-0.3, -0.25) is 4.79 Å². The molecule has 1 aliphatic rings. The first-order chi connectivity index (χ1) is 9.19. The molecule has 0 aliphatic carbocycles. The summed E-state index contributed by atoms with van der Waals surface area (Å²) in [7, 11) is 0. The zero-order valence-electron chi connectivity index (χ0n) is 11.3. The molecular weight excluding hydrogens is 271 g/mol. The Balaban J connectivity index is 2.21. The zero-order chi connectivity index (χ0) is 15.0. The molecule has 6 heteroatoms. The average molecular weight is 287 g/mol.